The predicted molar refractivity (Wildman–Crippen MR) is 105 cm³/mol. The smallest absolute Gasteiger partial charge is 0.271 e. The van der Waals surface area contributed by atoms with Crippen molar-refractivity contribution in [2.24, 2.45) is 5.92 Å². The molecule has 1 aliphatic heterocycles. The molecule has 0 bridgehead atoms. The summed E-state index contributed by atoms with van der Waals surface area (Å²) in [6.07, 6.45) is 1.48. The molecule has 0 unspecified atom stereocenters. The van der Waals surface area contributed by atoms with Gasteiger partial charge in [0, 0.05) is 31.8 Å². The van der Waals surface area contributed by atoms with Gasteiger partial charge in [0.2, 0.25) is 10.0 Å². The Hall–Kier alpha value is -2.16. The van der Waals surface area contributed by atoms with Gasteiger partial charge in [0.1, 0.15) is 0 Å². The molecule has 0 atom stereocenters. The van der Waals surface area contributed by atoms with Crippen LogP contribution in [0.5, 0.6) is 0 Å². The van der Waals surface area contributed by atoms with Crippen LogP contribution in [-0.4, -0.2) is 37.3 Å². The maximum atomic E-state index is 12.6. The summed E-state index contributed by atoms with van der Waals surface area (Å²) in [4.78, 5) is 10.6. The van der Waals surface area contributed by atoms with Gasteiger partial charge < -0.3 is 5.32 Å². The number of piperidine rings is 1. The highest BCUT2D eigenvalue weighted by atomic mass is 35.5. The molecule has 144 valence electrons. The van der Waals surface area contributed by atoms with Crippen LogP contribution in [-0.2, 0) is 10.0 Å². The normalized spacial score (nSPS) is 16.2. The molecular weight excluding hydrogens is 390 g/mol. The monoisotopic (exact) mass is 409 g/mol. The predicted octanol–water partition coefficient (Wildman–Crippen LogP) is 3.76. The molecule has 1 N–H and O–H groups in total. The van der Waals surface area contributed by atoms with Crippen molar-refractivity contribution in [1.82, 2.24) is 4.31 Å². The Morgan fingerprint density at radius 1 is 1.15 bits per heavy atom. The number of hydrogen-bond acceptors (Lipinski definition) is 5. The van der Waals surface area contributed by atoms with Crippen molar-refractivity contribution in [1.29, 1.82) is 0 Å². The van der Waals surface area contributed by atoms with Gasteiger partial charge in [-0.15, -0.1) is 0 Å². The van der Waals surface area contributed by atoms with Gasteiger partial charge in [-0.25, -0.2) is 8.42 Å². The second-order valence-electron chi connectivity index (χ2n) is 6.46. The Labute approximate surface area is 163 Å². The highest BCUT2D eigenvalue weighted by Gasteiger charge is 2.29. The number of non-ortho nitro benzene ring substituents is 1. The fourth-order valence-corrected chi connectivity index (χ4v) is 4.84. The molecule has 9 heteroatoms. The fraction of sp³-hybridized carbons (Fsp3) is 0.333. The number of nitrogens with one attached hydrogen (secondary N) is 1. The van der Waals surface area contributed by atoms with Crippen LogP contribution in [0.15, 0.2) is 53.4 Å². The summed E-state index contributed by atoms with van der Waals surface area (Å²) in [6, 6.07) is 12.8. The number of halogens is 1. The van der Waals surface area contributed by atoms with Crippen molar-refractivity contribution in [2.75, 3.05) is 25.0 Å². The van der Waals surface area contributed by atoms with Crippen molar-refractivity contribution in [2.45, 2.75) is 17.7 Å². The number of benzene rings is 2. The lowest BCUT2D eigenvalue weighted by Crippen LogP contribution is -2.39. The third-order valence-electron chi connectivity index (χ3n) is 4.70. The lowest BCUT2D eigenvalue weighted by atomic mass is 9.98. The molecule has 0 saturated carbocycles. The Morgan fingerprint density at radius 3 is 2.41 bits per heavy atom. The van der Waals surface area contributed by atoms with E-state index in [0.717, 1.165) is 12.8 Å². The summed E-state index contributed by atoms with van der Waals surface area (Å²) in [5, 5.41) is 14.3. The van der Waals surface area contributed by atoms with Gasteiger partial charge in [0.05, 0.1) is 20.5 Å². The largest absolute Gasteiger partial charge is 0.384 e. The summed E-state index contributed by atoms with van der Waals surface area (Å²) in [7, 11) is -3.44. The van der Waals surface area contributed by atoms with E-state index < -0.39 is 14.9 Å². The molecule has 1 fully saturated rings. The molecule has 27 heavy (non-hydrogen) atoms. The van der Waals surface area contributed by atoms with Crippen LogP contribution in [0.2, 0.25) is 5.02 Å². The zero-order valence-electron chi connectivity index (χ0n) is 14.5. The van der Waals surface area contributed by atoms with Crippen molar-refractivity contribution < 1.29 is 13.3 Å². The molecule has 0 amide bonds. The molecule has 0 aromatic heterocycles. The average molecular weight is 410 g/mol. The molecule has 0 radical (unpaired) electrons. The van der Waals surface area contributed by atoms with E-state index in [9.17, 15) is 18.5 Å². The summed E-state index contributed by atoms with van der Waals surface area (Å²) >= 11 is 6.09. The first-order valence-corrected chi connectivity index (χ1v) is 10.4. The topological polar surface area (TPSA) is 92.6 Å². The van der Waals surface area contributed by atoms with E-state index in [-0.39, 0.29) is 5.69 Å². The van der Waals surface area contributed by atoms with Crippen LogP contribution in [0.1, 0.15) is 12.8 Å². The van der Waals surface area contributed by atoms with Gasteiger partial charge >= 0.3 is 0 Å². The van der Waals surface area contributed by atoms with Crippen LogP contribution in [0.3, 0.4) is 0 Å². The Balaban J connectivity index is 1.55. The number of sulfonamides is 1. The number of hydrogen-bond donors (Lipinski definition) is 1. The number of rotatable bonds is 6. The third-order valence-corrected chi connectivity index (χ3v) is 6.92. The lowest BCUT2D eigenvalue weighted by Gasteiger charge is -2.31. The minimum absolute atomic E-state index is 0.0509. The SMILES string of the molecule is O=[N+]([O-])c1ccc(NCC2CCN(S(=O)(=O)c3ccccc3)CC2)c(Cl)c1. The van der Waals surface area contributed by atoms with E-state index in [0.29, 0.717) is 41.2 Å². The summed E-state index contributed by atoms with van der Waals surface area (Å²) in [5.74, 6) is 0.304. The summed E-state index contributed by atoms with van der Waals surface area (Å²) in [6.45, 7) is 1.58. The van der Waals surface area contributed by atoms with Crippen molar-refractivity contribution in [3.05, 3.63) is 63.7 Å². The molecule has 0 aliphatic carbocycles. The van der Waals surface area contributed by atoms with Gasteiger partial charge in [0.15, 0.2) is 0 Å². The molecule has 2 aromatic carbocycles. The van der Waals surface area contributed by atoms with E-state index in [2.05, 4.69) is 5.32 Å². The van der Waals surface area contributed by atoms with Crippen LogP contribution >= 0.6 is 11.6 Å². The van der Waals surface area contributed by atoms with Crippen LogP contribution in [0.4, 0.5) is 11.4 Å². The highest BCUT2D eigenvalue weighted by Crippen LogP contribution is 2.28. The molecule has 1 aliphatic rings. The second kappa shape index (κ2) is 8.24. The van der Waals surface area contributed by atoms with Gasteiger partial charge in [-0.2, -0.15) is 4.31 Å². The van der Waals surface area contributed by atoms with E-state index in [1.165, 1.54) is 16.4 Å². The van der Waals surface area contributed by atoms with Gasteiger partial charge in [-0.3, -0.25) is 10.1 Å². The average Bonchev–Trinajstić information content (AvgIpc) is 2.68. The third kappa shape index (κ3) is 4.58. The molecular formula is C18H20ClN3O4S. The van der Waals surface area contributed by atoms with Crippen molar-refractivity contribution >= 4 is 33.0 Å². The van der Waals surface area contributed by atoms with Gasteiger partial charge in [-0.05, 0) is 37.0 Å². The van der Waals surface area contributed by atoms with Crippen LogP contribution < -0.4 is 5.32 Å². The Bertz CT molecular complexity index is 913. The van der Waals surface area contributed by atoms with Crippen molar-refractivity contribution in [3.8, 4) is 0 Å². The van der Waals surface area contributed by atoms with Crippen LogP contribution in [0, 0.1) is 16.0 Å². The molecule has 7 nitrogen and oxygen atoms in total. The van der Waals surface area contributed by atoms with Gasteiger partial charge in [-0.1, -0.05) is 29.8 Å². The Morgan fingerprint density at radius 2 is 1.81 bits per heavy atom. The van der Waals surface area contributed by atoms with Gasteiger partial charge in [0.25, 0.3) is 5.69 Å². The minimum atomic E-state index is -3.44. The molecule has 0 spiro atoms. The zero-order chi connectivity index (χ0) is 19.4. The maximum Gasteiger partial charge on any atom is 0.271 e. The van der Waals surface area contributed by atoms with E-state index in [4.69, 9.17) is 11.6 Å². The van der Waals surface area contributed by atoms with E-state index in [1.54, 1.807) is 36.4 Å². The summed E-state index contributed by atoms with van der Waals surface area (Å²) in [5.41, 5.74) is 0.589. The Kier molecular flexibility index (Phi) is 5.98. The number of anilines is 1. The molecule has 3 rings (SSSR count). The summed E-state index contributed by atoms with van der Waals surface area (Å²) < 4.78 is 26.8. The first-order valence-electron chi connectivity index (χ1n) is 8.61. The first kappa shape index (κ1) is 19.6. The number of nitro benzene ring substituents is 1. The number of nitro groups is 1. The second-order valence-corrected chi connectivity index (χ2v) is 8.81. The van der Waals surface area contributed by atoms with Crippen LogP contribution in [0.25, 0.3) is 0 Å². The lowest BCUT2D eigenvalue weighted by molar-refractivity contribution is -0.384. The highest BCUT2D eigenvalue weighted by molar-refractivity contribution is 7.89. The quantitative estimate of drug-likeness (QED) is 0.579. The molecule has 2 aromatic rings. The molecule has 1 heterocycles. The standard InChI is InChI=1S/C18H20ClN3O4S/c19-17-12-15(22(23)24)6-7-18(17)20-13-14-8-10-21(11-9-14)27(25,26)16-4-2-1-3-5-16/h1-7,12,14,20H,8-11,13H2. The number of nitrogens with zero attached hydrogens (tertiary/aromatic N) is 2. The zero-order valence-corrected chi connectivity index (χ0v) is 16.1. The van der Waals surface area contributed by atoms with E-state index >= 15 is 0 Å². The van der Waals surface area contributed by atoms with E-state index in [1.807, 2.05) is 0 Å². The molecule has 1 saturated heterocycles. The first-order chi connectivity index (χ1) is 12.9. The fourth-order valence-electron chi connectivity index (χ4n) is 3.11. The van der Waals surface area contributed by atoms with Crippen molar-refractivity contribution in [3.63, 3.8) is 0 Å². The minimum Gasteiger partial charge on any atom is -0.384 e. The maximum absolute atomic E-state index is 12.6.